The number of fused-ring (bicyclic) bond motifs is 1. The van der Waals surface area contributed by atoms with Gasteiger partial charge in [-0.15, -0.1) is 0 Å². The molecule has 0 aliphatic heterocycles. The standard InChI is InChI=1S/C21H18F4N2O4/c1-3-30-19-18(31-20(28)26-11-12-4-7-14(22)8-5-12)17(29-2)15-9-6-13(21(23,24)25)10-16(15)27-19/h4-10H,3,11H2,1-2H3,(H,26,28). The molecule has 31 heavy (non-hydrogen) atoms. The van der Waals surface area contributed by atoms with E-state index in [2.05, 4.69) is 10.3 Å². The zero-order valence-corrected chi connectivity index (χ0v) is 16.5. The van der Waals surface area contributed by atoms with Crippen molar-refractivity contribution in [2.75, 3.05) is 13.7 Å². The third kappa shape index (κ3) is 5.14. The Morgan fingerprint density at radius 3 is 2.42 bits per heavy atom. The number of carbonyl (C=O) groups is 1. The van der Waals surface area contributed by atoms with Gasteiger partial charge in [0.2, 0.25) is 5.75 Å². The maximum Gasteiger partial charge on any atom is 0.416 e. The summed E-state index contributed by atoms with van der Waals surface area (Å²) < 4.78 is 68.1. The van der Waals surface area contributed by atoms with Crippen molar-refractivity contribution in [1.82, 2.24) is 10.3 Å². The van der Waals surface area contributed by atoms with Gasteiger partial charge in [-0.2, -0.15) is 13.2 Å². The number of halogens is 4. The van der Waals surface area contributed by atoms with Gasteiger partial charge >= 0.3 is 12.3 Å². The van der Waals surface area contributed by atoms with Crippen molar-refractivity contribution in [3.8, 4) is 17.4 Å². The van der Waals surface area contributed by atoms with Gasteiger partial charge in [0.05, 0.1) is 24.8 Å². The lowest BCUT2D eigenvalue weighted by Crippen LogP contribution is -2.26. The largest absolute Gasteiger partial charge is 0.492 e. The molecule has 0 aliphatic rings. The highest BCUT2D eigenvalue weighted by molar-refractivity contribution is 5.90. The molecular weight excluding hydrogens is 420 g/mol. The molecule has 3 aromatic rings. The summed E-state index contributed by atoms with van der Waals surface area (Å²) in [5.41, 5.74) is -0.288. The molecule has 3 rings (SSSR count). The van der Waals surface area contributed by atoms with E-state index in [4.69, 9.17) is 14.2 Å². The lowest BCUT2D eigenvalue weighted by Gasteiger charge is -2.16. The first-order valence-electron chi connectivity index (χ1n) is 9.14. The van der Waals surface area contributed by atoms with Crippen molar-refractivity contribution < 1.29 is 36.6 Å². The predicted molar refractivity (Wildman–Crippen MR) is 104 cm³/mol. The van der Waals surface area contributed by atoms with E-state index in [1.165, 1.54) is 37.4 Å². The van der Waals surface area contributed by atoms with Crippen LogP contribution in [0.15, 0.2) is 42.5 Å². The summed E-state index contributed by atoms with van der Waals surface area (Å²) in [5, 5.41) is 2.70. The summed E-state index contributed by atoms with van der Waals surface area (Å²) in [6, 6.07) is 8.42. The van der Waals surface area contributed by atoms with E-state index in [0.717, 1.165) is 12.1 Å². The fraction of sp³-hybridized carbons (Fsp3) is 0.238. The van der Waals surface area contributed by atoms with Crippen LogP contribution in [0.3, 0.4) is 0 Å². The number of hydrogen-bond acceptors (Lipinski definition) is 5. The molecular formula is C21H18F4N2O4. The van der Waals surface area contributed by atoms with Gasteiger partial charge in [0.25, 0.3) is 5.88 Å². The SMILES string of the molecule is CCOc1nc2cc(C(F)(F)F)ccc2c(OC)c1OC(=O)NCc1ccc(F)cc1. The zero-order valence-electron chi connectivity index (χ0n) is 16.5. The van der Waals surface area contributed by atoms with E-state index >= 15 is 0 Å². The normalized spacial score (nSPS) is 11.3. The molecule has 0 saturated heterocycles. The van der Waals surface area contributed by atoms with Crippen LogP contribution in [0.1, 0.15) is 18.1 Å². The van der Waals surface area contributed by atoms with Crippen LogP contribution < -0.4 is 19.5 Å². The molecule has 1 amide bonds. The number of rotatable bonds is 6. The van der Waals surface area contributed by atoms with E-state index in [0.29, 0.717) is 5.56 Å². The van der Waals surface area contributed by atoms with E-state index in [-0.39, 0.29) is 41.4 Å². The van der Waals surface area contributed by atoms with Crippen molar-refractivity contribution in [2.24, 2.45) is 0 Å². The number of nitrogens with one attached hydrogen (secondary N) is 1. The lowest BCUT2D eigenvalue weighted by atomic mass is 10.1. The van der Waals surface area contributed by atoms with Crippen LogP contribution in [0.5, 0.6) is 17.4 Å². The second kappa shape index (κ2) is 9.07. The Morgan fingerprint density at radius 2 is 1.81 bits per heavy atom. The van der Waals surface area contributed by atoms with E-state index in [9.17, 15) is 22.4 Å². The fourth-order valence-electron chi connectivity index (χ4n) is 2.80. The summed E-state index contributed by atoms with van der Waals surface area (Å²) in [6.07, 6.45) is -5.43. The summed E-state index contributed by atoms with van der Waals surface area (Å²) >= 11 is 0. The molecule has 0 atom stereocenters. The maximum absolute atomic E-state index is 13.1. The highest BCUT2D eigenvalue weighted by Gasteiger charge is 2.31. The lowest BCUT2D eigenvalue weighted by molar-refractivity contribution is -0.137. The highest BCUT2D eigenvalue weighted by atomic mass is 19.4. The average Bonchev–Trinajstić information content (AvgIpc) is 2.73. The molecule has 6 nitrogen and oxygen atoms in total. The molecule has 1 N–H and O–H groups in total. The van der Waals surface area contributed by atoms with Crippen LogP contribution in [-0.4, -0.2) is 24.8 Å². The van der Waals surface area contributed by atoms with E-state index in [1.54, 1.807) is 6.92 Å². The molecule has 0 unspecified atom stereocenters. The van der Waals surface area contributed by atoms with Crippen molar-refractivity contribution in [1.29, 1.82) is 0 Å². The molecule has 0 aliphatic carbocycles. The summed E-state index contributed by atoms with van der Waals surface area (Å²) in [7, 11) is 1.28. The Kier molecular flexibility index (Phi) is 6.47. The first-order valence-corrected chi connectivity index (χ1v) is 9.14. The van der Waals surface area contributed by atoms with Crippen molar-refractivity contribution in [3.63, 3.8) is 0 Å². The quantitative estimate of drug-likeness (QED) is 0.543. The number of ether oxygens (including phenoxy) is 3. The van der Waals surface area contributed by atoms with Crippen LogP contribution in [0.25, 0.3) is 10.9 Å². The Hall–Kier alpha value is -3.56. The second-order valence-electron chi connectivity index (χ2n) is 6.31. The zero-order chi connectivity index (χ0) is 22.6. The minimum absolute atomic E-state index is 0.000827. The number of carbonyl (C=O) groups excluding carboxylic acids is 1. The number of benzene rings is 2. The van der Waals surface area contributed by atoms with Gasteiger partial charge in [0.15, 0.2) is 5.75 Å². The van der Waals surface area contributed by atoms with Crippen LogP contribution >= 0.6 is 0 Å². The predicted octanol–water partition coefficient (Wildman–Crippen LogP) is 5.09. The first kappa shape index (κ1) is 22.1. The van der Waals surface area contributed by atoms with Crippen molar-refractivity contribution in [2.45, 2.75) is 19.6 Å². The summed E-state index contributed by atoms with van der Waals surface area (Å²) in [6.45, 7) is 1.82. The molecule has 0 saturated carbocycles. The average molecular weight is 438 g/mol. The van der Waals surface area contributed by atoms with Gasteiger partial charge in [0, 0.05) is 11.9 Å². The van der Waals surface area contributed by atoms with Crippen LogP contribution in [0.4, 0.5) is 22.4 Å². The maximum atomic E-state index is 13.1. The highest BCUT2D eigenvalue weighted by Crippen LogP contribution is 2.43. The molecule has 164 valence electrons. The van der Waals surface area contributed by atoms with E-state index in [1.807, 2.05) is 0 Å². The topological polar surface area (TPSA) is 69.7 Å². The number of amides is 1. The van der Waals surface area contributed by atoms with Gasteiger partial charge in [0.1, 0.15) is 5.82 Å². The number of alkyl halides is 3. The first-order chi connectivity index (χ1) is 14.7. The Balaban J connectivity index is 1.92. The molecule has 10 heteroatoms. The van der Waals surface area contributed by atoms with Gasteiger partial charge in [-0.3, -0.25) is 0 Å². The monoisotopic (exact) mass is 438 g/mol. The minimum atomic E-state index is -4.55. The fourth-order valence-corrected chi connectivity index (χ4v) is 2.80. The van der Waals surface area contributed by atoms with Gasteiger partial charge in [-0.1, -0.05) is 12.1 Å². The summed E-state index contributed by atoms with van der Waals surface area (Å²) in [5.74, 6) is -0.774. The Labute approximate surface area is 174 Å². The molecule has 1 aromatic heterocycles. The van der Waals surface area contributed by atoms with Gasteiger partial charge < -0.3 is 19.5 Å². The molecule has 0 spiro atoms. The number of pyridine rings is 1. The molecule has 0 fully saturated rings. The van der Waals surface area contributed by atoms with Crippen LogP contribution in [0, 0.1) is 5.82 Å². The minimum Gasteiger partial charge on any atom is -0.492 e. The third-order valence-corrected chi connectivity index (χ3v) is 4.22. The van der Waals surface area contributed by atoms with Crippen molar-refractivity contribution >= 4 is 17.0 Å². The van der Waals surface area contributed by atoms with E-state index < -0.39 is 23.7 Å². The molecule has 1 heterocycles. The molecule has 2 aromatic carbocycles. The third-order valence-electron chi connectivity index (χ3n) is 4.22. The van der Waals surface area contributed by atoms with Crippen LogP contribution in [0.2, 0.25) is 0 Å². The summed E-state index contributed by atoms with van der Waals surface area (Å²) in [4.78, 5) is 16.4. The number of nitrogens with zero attached hydrogens (tertiary/aromatic N) is 1. The number of aromatic nitrogens is 1. The van der Waals surface area contributed by atoms with Crippen molar-refractivity contribution in [3.05, 3.63) is 59.4 Å². The van der Waals surface area contributed by atoms with Crippen LogP contribution in [-0.2, 0) is 12.7 Å². The molecule has 0 radical (unpaired) electrons. The number of hydrogen-bond donors (Lipinski definition) is 1. The molecule has 0 bridgehead atoms. The smallest absolute Gasteiger partial charge is 0.416 e. The van der Waals surface area contributed by atoms with Gasteiger partial charge in [-0.05, 0) is 42.8 Å². The second-order valence-corrected chi connectivity index (χ2v) is 6.31. The number of methoxy groups -OCH3 is 1. The Morgan fingerprint density at radius 1 is 1.10 bits per heavy atom. The van der Waals surface area contributed by atoms with Gasteiger partial charge in [-0.25, -0.2) is 14.2 Å². The Bertz CT molecular complexity index is 1090.